The average molecular weight is 566 g/mol. The molecule has 40 heavy (non-hydrogen) atoms. The van der Waals surface area contributed by atoms with E-state index in [2.05, 4.69) is 10.3 Å². The number of carboxylic acid groups (broad SMARTS) is 1. The molecule has 2 aromatic carbocycles. The first-order valence-corrected chi connectivity index (χ1v) is 13.1. The van der Waals surface area contributed by atoms with Crippen molar-refractivity contribution in [3.05, 3.63) is 65.1 Å². The van der Waals surface area contributed by atoms with E-state index in [9.17, 15) is 27.5 Å². The highest BCUT2D eigenvalue weighted by atomic mass is 19.2. The molecule has 1 fully saturated rings. The van der Waals surface area contributed by atoms with Crippen LogP contribution in [0.3, 0.4) is 0 Å². The lowest BCUT2D eigenvalue weighted by Gasteiger charge is -2.41. The van der Waals surface area contributed by atoms with Crippen LogP contribution in [0.1, 0.15) is 49.4 Å². The summed E-state index contributed by atoms with van der Waals surface area (Å²) in [6, 6.07) is 6.37. The molecule has 0 spiro atoms. The van der Waals surface area contributed by atoms with Crippen LogP contribution < -0.4 is 10.1 Å². The molecule has 1 atom stereocenters. The van der Waals surface area contributed by atoms with E-state index < -0.39 is 41.7 Å². The summed E-state index contributed by atoms with van der Waals surface area (Å²) in [5.41, 5.74) is -0.0379. The van der Waals surface area contributed by atoms with Crippen LogP contribution in [-0.4, -0.2) is 54.2 Å². The highest BCUT2D eigenvalue weighted by molar-refractivity contribution is 5.85. The number of rotatable bonds is 12. The molecule has 0 amide bonds. The summed E-state index contributed by atoms with van der Waals surface area (Å²) in [5, 5.41) is 12.8. The monoisotopic (exact) mass is 565 g/mol. The molecule has 1 aliphatic heterocycles. The van der Waals surface area contributed by atoms with E-state index in [4.69, 9.17) is 4.74 Å². The number of benzene rings is 2. The molecule has 1 aromatic heterocycles. The largest absolute Gasteiger partial charge is 0.497 e. The van der Waals surface area contributed by atoms with Crippen molar-refractivity contribution >= 4 is 22.6 Å². The van der Waals surface area contributed by atoms with E-state index >= 15 is 4.39 Å². The molecule has 0 unspecified atom stereocenters. The fraction of sp³-hybridized carbons (Fsp3) is 0.448. The van der Waals surface area contributed by atoms with Crippen LogP contribution in [0, 0.1) is 22.9 Å². The second kappa shape index (κ2) is 12.8. The molecule has 1 aliphatic rings. The predicted octanol–water partition coefficient (Wildman–Crippen LogP) is 6.59. The maximum Gasteiger partial charge on any atom is 0.303 e. The van der Waals surface area contributed by atoms with Crippen LogP contribution in [0.5, 0.6) is 5.75 Å². The lowest BCUT2D eigenvalue weighted by atomic mass is 9.71. The van der Waals surface area contributed by atoms with E-state index in [0.717, 1.165) is 6.07 Å². The summed E-state index contributed by atoms with van der Waals surface area (Å²) in [6.45, 7) is 0.833. The number of ether oxygens (including phenoxy) is 1. The van der Waals surface area contributed by atoms with Crippen LogP contribution >= 0.6 is 0 Å². The van der Waals surface area contributed by atoms with E-state index in [0.29, 0.717) is 61.6 Å². The SMILES string of the molecule is COc1ccc2ncc(CF)c([C@H](F)CCC3(CC(=O)O)CCN(CCNc4cc(F)cc(F)c4F)CC3)c2c1. The topological polar surface area (TPSA) is 74.7 Å². The normalized spacial score (nSPS) is 16.1. The first kappa shape index (κ1) is 29.5. The molecular weight excluding hydrogens is 533 g/mol. The van der Waals surface area contributed by atoms with Gasteiger partial charge in [0.05, 0.1) is 24.7 Å². The second-order valence-electron chi connectivity index (χ2n) is 10.3. The number of carbonyl (C=O) groups is 1. The maximum absolute atomic E-state index is 15.8. The number of carboxylic acids is 1. The number of aromatic nitrogens is 1. The minimum absolute atomic E-state index is 0.0164. The van der Waals surface area contributed by atoms with Crippen molar-refractivity contribution in [2.24, 2.45) is 5.41 Å². The van der Waals surface area contributed by atoms with Gasteiger partial charge in [-0.1, -0.05) is 0 Å². The summed E-state index contributed by atoms with van der Waals surface area (Å²) >= 11 is 0. The van der Waals surface area contributed by atoms with Gasteiger partial charge in [-0.3, -0.25) is 9.78 Å². The Kier molecular flexibility index (Phi) is 9.44. The van der Waals surface area contributed by atoms with E-state index in [1.807, 2.05) is 4.90 Å². The van der Waals surface area contributed by atoms with Crippen LogP contribution in [-0.2, 0) is 11.5 Å². The number of hydrogen-bond donors (Lipinski definition) is 2. The minimum Gasteiger partial charge on any atom is -0.497 e. The molecule has 2 N–H and O–H groups in total. The molecule has 216 valence electrons. The third-order valence-electron chi connectivity index (χ3n) is 7.76. The van der Waals surface area contributed by atoms with Gasteiger partial charge in [0, 0.05) is 47.9 Å². The van der Waals surface area contributed by atoms with Crippen molar-refractivity contribution in [2.75, 3.05) is 38.6 Å². The van der Waals surface area contributed by atoms with Crippen molar-refractivity contribution in [1.29, 1.82) is 0 Å². The highest BCUT2D eigenvalue weighted by Crippen LogP contribution is 2.43. The first-order chi connectivity index (χ1) is 19.1. The number of aliphatic carboxylic acids is 1. The minimum atomic E-state index is -1.53. The Labute approximate surface area is 229 Å². The number of likely N-dealkylation sites (tertiary alicyclic amines) is 1. The number of pyridine rings is 1. The summed E-state index contributed by atoms with van der Waals surface area (Å²) in [7, 11) is 1.48. The number of piperidine rings is 1. The summed E-state index contributed by atoms with van der Waals surface area (Å²) in [4.78, 5) is 18.0. The Hall–Kier alpha value is -3.47. The lowest BCUT2D eigenvalue weighted by molar-refractivity contribution is -0.141. The van der Waals surface area contributed by atoms with E-state index in [1.165, 1.54) is 13.3 Å². The zero-order chi connectivity index (χ0) is 28.9. The molecule has 0 bridgehead atoms. The first-order valence-electron chi connectivity index (χ1n) is 13.1. The zero-order valence-electron chi connectivity index (χ0n) is 22.2. The molecule has 6 nitrogen and oxygen atoms in total. The van der Waals surface area contributed by atoms with Crippen molar-refractivity contribution in [3.8, 4) is 5.75 Å². The van der Waals surface area contributed by atoms with E-state index in [-0.39, 0.29) is 36.2 Å². The number of alkyl halides is 2. The third kappa shape index (κ3) is 6.80. The van der Waals surface area contributed by atoms with Gasteiger partial charge in [0.25, 0.3) is 0 Å². The van der Waals surface area contributed by atoms with Gasteiger partial charge in [0.15, 0.2) is 11.6 Å². The highest BCUT2D eigenvalue weighted by Gasteiger charge is 2.37. The zero-order valence-corrected chi connectivity index (χ0v) is 22.2. The molecule has 0 radical (unpaired) electrons. The molecule has 3 aromatic rings. The third-order valence-corrected chi connectivity index (χ3v) is 7.76. The number of nitrogens with zero attached hydrogens (tertiary/aromatic N) is 2. The fourth-order valence-electron chi connectivity index (χ4n) is 5.53. The molecule has 1 saturated heterocycles. The number of anilines is 1. The standard InChI is InChI=1S/C29H32F5N3O3/c1-40-20-2-3-24-21(14-20)27(18(16-30)17-36-24)22(32)4-5-29(15-26(38)39)6-9-37(10-7-29)11-8-35-25-13-19(31)12-23(33)28(25)34/h2-3,12-14,17,22,35H,4-11,15-16H2,1H3,(H,38,39)/t22-/m1/s1. The van der Waals surface area contributed by atoms with Gasteiger partial charge in [-0.05, 0) is 62.4 Å². The molecule has 2 heterocycles. The number of halogens is 5. The fourth-order valence-corrected chi connectivity index (χ4v) is 5.53. The number of hydrogen-bond acceptors (Lipinski definition) is 5. The smallest absolute Gasteiger partial charge is 0.303 e. The average Bonchev–Trinajstić information content (AvgIpc) is 2.94. The quantitative estimate of drug-likeness (QED) is 0.191. The van der Waals surface area contributed by atoms with Crippen LogP contribution in [0.4, 0.5) is 27.6 Å². The number of nitrogens with one attached hydrogen (secondary N) is 1. The molecule has 0 saturated carbocycles. The summed E-state index contributed by atoms with van der Waals surface area (Å²) < 4.78 is 75.6. The van der Waals surface area contributed by atoms with Crippen molar-refractivity contribution in [2.45, 2.75) is 45.0 Å². The van der Waals surface area contributed by atoms with Crippen molar-refractivity contribution in [1.82, 2.24) is 9.88 Å². The van der Waals surface area contributed by atoms with Gasteiger partial charge in [-0.2, -0.15) is 0 Å². The van der Waals surface area contributed by atoms with Crippen molar-refractivity contribution in [3.63, 3.8) is 0 Å². The lowest BCUT2D eigenvalue weighted by Crippen LogP contribution is -2.43. The Balaban J connectivity index is 1.41. The van der Waals surface area contributed by atoms with Gasteiger partial charge in [-0.15, -0.1) is 0 Å². The Bertz CT molecular complexity index is 1340. The maximum atomic E-state index is 15.8. The number of methoxy groups -OCH3 is 1. The molecule has 4 rings (SSSR count). The molecule has 0 aliphatic carbocycles. The summed E-state index contributed by atoms with van der Waals surface area (Å²) in [5.74, 6) is -3.80. The van der Waals surface area contributed by atoms with Gasteiger partial charge < -0.3 is 20.1 Å². The van der Waals surface area contributed by atoms with Crippen molar-refractivity contribution < 1.29 is 36.6 Å². The Morgan fingerprint density at radius 1 is 1.20 bits per heavy atom. The Morgan fingerprint density at radius 2 is 1.95 bits per heavy atom. The van der Waals surface area contributed by atoms with Gasteiger partial charge in [-0.25, -0.2) is 22.0 Å². The van der Waals surface area contributed by atoms with Crippen LogP contribution in [0.25, 0.3) is 10.9 Å². The van der Waals surface area contributed by atoms with Crippen LogP contribution in [0.2, 0.25) is 0 Å². The predicted molar refractivity (Wildman–Crippen MR) is 141 cm³/mol. The second-order valence-corrected chi connectivity index (χ2v) is 10.3. The van der Waals surface area contributed by atoms with Crippen LogP contribution in [0.15, 0.2) is 36.5 Å². The Morgan fingerprint density at radius 3 is 2.62 bits per heavy atom. The summed E-state index contributed by atoms with van der Waals surface area (Å²) in [6.07, 6.45) is 0.979. The van der Waals surface area contributed by atoms with E-state index in [1.54, 1.807) is 18.2 Å². The number of fused-ring (bicyclic) bond motifs is 1. The van der Waals surface area contributed by atoms with Gasteiger partial charge >= 0.3 is 5.97 Å². The van der Waals surface area contributed by atoms with Gasteiger partial charge in [0.2, 0.25) is 0 Å². The molecular formula is C29H32F5N3O3. The molecule has 11 heteroatoms. The van der Waals surface area contributed by atoms with Gasteiger partial charge in [0.1, 0.15) is 24.4 Å².